The minimum atomic E-state index is -0.281. The lowest BCUT2D eigenvalue weighted by atomic mass is 10.2. The molecular formula is C17H21N3O4. The van der Waals surface area contributed by atoms with Gasteiger partial charge < -0.3 is 14.4 Å². The summed E-state index contributed by atoms with van der Waals surface area (Å²) in [6, 6.07) is 6.63. The Kier molecular flexibility index (Phi) is 5.64. The molecule has 7 heteroatoms. The van der Waals surface area contributed by atoms with Crippen LogP contribution in [0, 0.1) is 11.3 Å². The minimum Gasteiger partial charge on any atom is -0.493 e. The maximum absolute atomic E-state index is 12.3. The van der Waals surface area contributed by atoms with Crippen molar-refractivity contribution < 1.29 is 19.1 Å². The van der Waals surface area contributed by atoms with Gasteiger partial charge in [0.1, 0.15) is 6.61 Å². The highest BCUT2D eigenvalue weighted by atomic mass is 16.5. The van der Waals surface area contributed by atoms with E-state index in [4.69, 9.17) is 14.7 Å². The molecule has 0 N–H and O–H groups in total. The Morgan fingerprint density at radius 2 is 2.04 bits per heavy atom. The van der Waals surface area contributed by atoms with Gasteiger partial charge in [0.05, 0.1) is 25.3 Å². The standard InChI is InChI=1S/C17H21N3O4/c1-12(2)19-7-6-16(21)20(17(19)22)8-9-24-14-5-4-13(11-18)10-15(14)23-3/h4-5,10,12H,6-9H2,1-3H3. The van der Waals surface area contributed by atoms with Crippen molar-refractivity contribution in [2.75, 3.05) is 26.8 Å². The summed E-state index contributed by atoms with van der Waals surface area (Å²) in [5.41, 5.74) is 0.466. The Bertz CT molecular complexity index is 666. The third-order valence-corrected chi connectivity index (χ3v) is 3.83. The van der Waals surface area contributed by atoms with E-state index in [-0.39, 0.29) is 31.1 Å². The topological polar surface area (TPSA) is 82.9 Å². The van der Waals surface area contributed by atoms with E-state index in [9.17, 15) is 9.59 Å². The molecule has 128 valence electrons. The molecule has 1 aromatic rings. The summed E-state index contributed by atoms with van der Waals surface area (Å²) in [6.45, 7) is 4.62. The first-order chi connectivity index (χ1) is 11.5. The largest absolute Gasteiger partial charge is 0.493 e. The van der Waals surface area contributed by atoms with Gasteiger partial charge in [-0.05, 0) is 26.0 Å². The van der Waals surface area contributed by atoms with Crippen molar-refractivity contribution in [3.63, 3.8) is 0 Å². The number of carbonyl (C=O) groups is 2. The zero-order valence-corrected chi connectivity index (χ0v) is 14.1. The third-order valence-electron chi connectivity index (χ3n) is 3.83. The molecular weight excluding hydrogens is 310 g/mol. The highest BCUT2D eigenvalue weighted by Crippen LogP contribution is 2.27. The molecule has 1 fully saturated rings. The lowest BCUT2D eigenvalue weighted by Crippen LogP contribution is -2.55. The van der Waals surface area contributed by atoms with Crippen LogP contribution in [0.2, 0.25) is 0 Å². The molecule has 1 aliphatic heterocycles. The number of hydrogen-bond acceptors (Lipinski definition) is 5. The van der Waals surface area contributed by atoms with E-state index < -0.39 is 0 Å². The molecule has 0 saturated carbocycles. The van der Waals surface area contributed by atoms with Crippen LogP contribution in [0.3, 0.4) is 0 Å². The average Bonchev–Trinajstić information content (AvgIpc) is 2.57. The molecule has 0 radical (unpaired) electrons. The van der Waals surface area contributed by atoms with E-state index in [2.05, 4.69) is 0 Å². The van der Waals surface area contributed by atoms with E-state index in [1.807, 2.05) is 19.9 Å². The van der Waals surface area contributed by atoms with Gasteiger partial charge in [0.25, 0.3) is 0 Å². The number of imide groups is 1. The van der Waals surface area contributed by atoms with Crippen LogP contribution < -0.4 is 9.47 Å². The second-order valence-corrected chi connectivity index (χ2v) is 5.69. The quantitative estimate of drug-likeness (QED) is 0.796. The molecule has 1 saturated heterocycles. The third kappa shape index (κ3) is 3.77. The van der Waals surface area contributed by atoms with E-state index in [0.29, 0.717) is 30.0 Å². The van der Waals surface area contributed by atoms with Crippen LogP contribution in [0.1, 0.15) is 25.8 Å². The molecule has 1 aliphatic rings. The van der Waals surface area contributed by atoms with Crippen molar-refractivity contribution in [2.24, 2.45) is 0 Å². The van der Waals surface area contributed by atoms with Gasteiger partial charge in [0, 0.05) is 25.1 Å². The van der Waals surface area contributed by atoms with Crippen LogP contribution in [0.15, 0.2) is 18.2 Å². The first-order valence-corrected chi connectivity index (χ1v) is 7.79. The molecule has 0 aromatic heterocycles. The fourth-order valence-electron chi connectivity index (χ4n) is 2.51. The molecule has 0 spiro atoms. The number of ether oxygens (including phenoxy) is 2. The average molecular weight is 331 g/mol. The number of amides is 3. The van der Waals surface area contributed by atoms with Gasteiger partial charge in [-0.2, -0.15) is 5.26 Å². The van der Waals surface area contributed by atoms with E-state index >= 15 is 0 Å². The number of benzene rings is 1. The lowest BCUT2D eigenvalue weighted by molar-refractivity contribution is -0.131. The molecule has 24 heavy (non-hydrogen) atoms. The van der Waals surface area contributed by atoms with Crippen molar-refractivity contribution in [1.29, 1.82) is 5.26 Å². The highest BCUT2D eigenvalue weighted by molar-refractivity contribution is 5.96. The van der Waals surface area contributed by atoms with Crippen molar-refractivity contribution >= 4 is 11.9 Å². The van der Waals surface area contributed by atoms with E-state index in [1.54, 1.807) is 23.1 Å². The molecule has 0 bridgehead atoms. The Morgan fingerprint density at radius 3 is 2.67 bits per heavy atom. The summed E-state index contributed by atoms with van der Waals surface area (Å²) in [5, 5.41) is 8.89. The van der Waals surface area contributed by atoms with E-state index in [0.717, 1.165) is 0 Å². The summed E-state index contributed by atoms with van der Waals surface area (Å²) in [4.78, 5) is 27.2. The molecule has 0 atom stereocenters. The van der Waals surface area contributed by atoms with Crippen LogP contribution in [-0.2, 0) is 4.79 Å². The van der Waals surface area contributed by atoms with Crippen LogP contribution in [0.25, 0.3) is 0 Å². The van der Waals surface area contributed by atoms with Gasteiger partial charge in [-0.15, -0.1) is 0 Å². The van der Waals surface area contributed by atoms with Gasteiger partial charge in [-0.3, -0.25) is 9.69 Å². The van der Waals surface area contributed by atoms with Gasteiger partial charge in [0.2, 0.25) is 5.91 Å². The number of urea groups is 1. The second kappa shape index (κ2) is 7.68. The zero-order chi connectivity index (χ0) is 17.7. The number of rotatable bonds is 6. The predicted octanol–water partition coefficient (Wildman–Crippen LogP) is 2.01. The zero-order valence-electron chi connectivity index (χ0n) is 14.1. The monoisotopic (exact) mass is 331 g/mol. The molecule has 2 rings (SSSR count). The molecule has 3 amide bonds. The predicted molar refractivity (Wildman–Crippen MR) is 86.8 cm³/mol. The van der Waals surface area contributed by atoms with Gasteiger partial charge in [0.15, 0.2) is 11.5 Å². The number of nitrogens with zero attached hydrogens (tertiary/aromatic N) is 3. The summed E-state index contributed by atoms with van der Waals surface area (Å²) in [5.74, 6) is 0.718. The van der Waals surface area contributed by atoms with Crippen molar-refractivity contribution in [3.05, 3.63) is 23.8 Å². The second-order valence-electron chi connectivity index (χ2n) is 5.69. The number of hydrogen-bond donors (Lipinski definition) is 0. The molecule has 0 aliphatic carbocycles. The van der Waals surface area contributed by atoms with E-state index in [1.165, 1.54) is 12.0 Å². The molecule has 1 heterocycles. The maximum atomic E-state index is 12.3. The molecule has 0 unspecified atom stereocenters. The van der Waals surface area contributed by atoms with Crippen molar-refractivity contribution in [2.45, 2.75) is 26.3 Å². The van der Waals surface area contributed by atoms with Crippen LogP contribution in [0.5, 0.6) is 11.5 Å². The van der Waals surface area contributed by atoms with Crippen molar-refractivity contribution in [3.8, 4) is 17.6 Å². The minimum absolute atomic E-state index is 0.0487. The highest BCUT2D eigenvalue weighted by Gasteiger charge is 2.32. The first kappa shape index (κ1) is 17.6. The number of nitriles is 1. The Labute approximate surface area is 141 Å². The van der Waals surface area contributed by atoms with Gasteiger partial charge >= 0.3 is 6.03 Å². The fourth-order valence-corrected chi connectivity index (χ4v) is 2.51. The summed E-state index contributed by atoms with van der Waals surface area (Å²) >= 11 is 0. The van der Waals surface area contributed by atoms with Gasteiger partial charge in [-0.25, -0.2) is 4.79 Å². The molecule has 7 nitrogen and oxygen atoms in total. The summed E-state index contributed by atoms with van der Waals surface area (Å²) < 4.78 is 10.8. The van der Waals surface area contributed by atoms with Crippen LogP contribution >= 0.6 is 0 Å². The maximum Gasteiger partial charge on any atom is 0.327 e. The van der Waals surface area contributed by atoms with Gasteiger partial charge in [-0.1, -0.05) is 0 Å². The number of carbonyl (C=O) groups excluding carboxylic acids is 2. The normalized spacial score (nSPS) is 14.8. The SMILES string of the molecule is COc1cc(C#N)ccc1OCCN1C(=O)CCN(C(C)C)C1=O. The Morgan fingerprint density at radius 1 is 1.29 bits per heavy atom. The molecule has 1 aromatic carbocycles. The number of methoxy groups -OCH3 is 1. The van der Waals surface area contributed by atoms with Crippen LogP contribution in [-0.4, -0.2) is 54.6 Å². The summed E-state index contributed by atoms with van der Waals surface area (Å²) in [6.07, 6.45) is 0.324. The first-order valence-electron chi connectivity index (χ1n) is 7.79. The van der Waals surface area contributed by atoms with Crippen LogP contribution in [0.4, 0.5) is 4.79 Å². The summed E-state index contributed by atoms with van der Waals surface area (Å²) in [7, 11) is 1.49. The fraction of sp³-hybridized carbons (Fsp3) is 0.471. The Balaban J connectivity index is 1.99. The smallest absolute Gasteiger partial charge is 0.327 e. The lowest BCUT2D eigenvalue weighted by Gasteiger charge is -2.36. The Hall–Kier alpha value is -2.75. The van der Waals surface area contributed by atoms with Crippen molar-refractivity contribution in [1.82, 2.24) is 9.80 Å².